The molecule has 0 amide bonds. The number of ether oxygens (including phenoxy) is 2. The fraction of sp³-hybridized carbons (Fsp3) is 0.682. The number of aliphatic imine (C=N–C) groups is 1. The average molecular weight is 572 g/mol. The van der Waals surface area contributed by atoms with E-state index < -0.39 is 12.8 Å². The zero-order valence-electron chi connectivity index (χ0n) is 19.1. The van der Waals surface area contributed by atoms with Crippen LogP contribution >= 0.6 is 24.0 Å². The van der Waals surface area contributed by atoms with Gasteiger partial charge in [-0.3, -0.25) is 9.89 Å². The predicted octanol–water partition coefficient (Wildman–Crippen LogP) is 3.80. The van der Waals surface area contributed by atoms with Gasteiger partial charge in [0.15, 0.2) is 5.96 Å². The van der Waals surface area contributed by atoms with Gasteiger partial charge in [-0.05, 0) is 23.5 Å². The summed E-state index contributed by atoms with van der Waals surface area (Å²) in [7, 11) is 1.74. The lowest BCUT2D eigenvalue weighted by molar-refractivity contribution is -0.176. The lowest BCUT2D eigenvalue weighted by atomic mass is 10.0. The molecule has 1 atom stereocenters. The first-order valence-corrected chi connectivity index (χ1v) is 10.8. The Morgan fingerprint density at radius 2 is 1.75 bits per heavy atom. The summed E-state index contributed by atoms with van der Waals surface area (Å²) in [5.74, 6) is 1.32. The van der Waals surface area contributed by atoms with Gasteiger partial charge in [-0.15, -0.1) is 24.0 Å². The third-order valence-electron chi connectivity index (χ3n) is 5.05. The van der Waals surface area contributed by atoms with Crippen LogP contribution in [0.15, 0.2) is 29.3 Å². The Bertz CT molecular complexity index is 666. The summed E-state index contributed by atoms with van der Waals surface area (Å²) in [4.78, 5) is 6.78. The molecule has 0 radical (unpaired) electrons. The minimum Gasteiger partial charge on any atom is -0.379 e. The molecule has 0 aromatic heterocycles. The van der Waals surface area contributed by atoms with Crippen LogP contribution in [0.3, 0.4) is 0 Å². The minimum absolute atomic E-state index is 0. The van der Waals surface area contributed by atoms with Crippen LogP contribution in [0.2, 0.25) is 0 Å². The third kappa shape index (κ3) is 11.7. The highest BCUT2D eigenvalue weighted by Crippen LogP contribution is 2.16. The van der Waals surface area contributed by atoms with Crippen molar-refractivity contribution in [1.29, 1.82) is 0 Å². The second-order valence-corrected chi connectivity index (χ2v) is 8.16. The molecule has 1 unspecified atom stereocenters. The Hall–Kier alpha value is -1.11. The summed E-state index contributed by atoms with van der Waals surface area (Å²) in [5.41, 5.74) is 1.71. The Balaban J connectivity index is 0.00000512. The molecule has 1 fully saturated rings. The van der Waals surface area contributed by atoms with Crippen molar-refractivity contribution in [3.8, 4) is 0 Å². The normalized spacial score (nSPS) is 16.5. The molecule has 2 rings (SSSR count). The highest BCUT2D eigenvalue weighted by molar-refractivity contribution is 14.0. The lowest BCUT2D eigenvalue weighted by Gasteiger charge is -2.35. The number of nitrogens with one attached hydrogen (secondary N) is 2. The van der Waals surface area contributed by atoms with E-state index in [-0.39, 0.29) is 30.6 Å². The number of rotatable bonds is 10. The number of hydrogen-bond donors (Lipinski definition) is 2. The van der Waals surface area contributed by atoms with E-state index >= 15 is 0 Å². The number of alkyl halides is 3. The molecule has 0 bridgehead atoms. The van der Waals surface area contributed by atoms with Gasteiger partial charge >= 0.3 is 6.18 Å². The van der Waals surface area contributed by atoms with Crippen LogP contribution in [0.25, 0.3) is 0 Å². The highest BCUT2D eigenvalue weighted by atomic mass is 127. The van der Waals surface area contributed by atoms with E-state index in [1.54, 1.807) is 19.2 Å². The van der Waals surface area contributed by atoms with Gasteiger partial charge in [-0.25, -0.2) is 0 Å². The topological polar surface area (TPSA) is 58.1 Å². The van der Waals surface area contributed by atoms with Crippen molar-refractivity contribution >= 4 is 29.9 Å². The van der Waals surface area contributed by atoms with Crippen LogP contribution in [0.5, 0.6) is 0 Å². The number of morpholine rings is 1. The maximum atomic E-state index is 12.2. The van der Waals surface area contributed by atoms with E-state index in [1.807, 2.05) is 12.1 Å². The van der Waals surface area contributed by atoms with Gasteiger partial charge in [0.1, 0.15) is 6.61 Å². The molecule has 0 spiro atoms. The van der Waals surface area contributed by atoms with Crippen molar-refractivity contribution < 1.29 is 22.6 Å². The lowest BCUT2D eigenvalue weighted by Crippen LogP contribution is -2.50. The van der Waals surface area contributed by atoms with Gasteiger partial charge in [-0.2, -0.15) is 13.2 Å². The first-order valence-electron chi connectivity index (χ1n) is 10.8. The average Bonchev–Trinajstić information content (AvgIpc) is 2.73. The second-order valence-electron chi connectivity index (χ2n) is 8.16. The van der Waals surface area contributed by atoms with Crippen LogP contribution in [0, 0.1) is 5.92 Å². The summed E-state index contributed by atoms with van der Waals surface area (Å²) in [6.45, 7) is 7.99. The number of hydrogen-bond acceptors (Lipinski definition) is 4. The van der Waals surface area contributed by atoms with Crippen LogP contribution < -0.4 is 10.6 Å². The maximum absolute atomic E-state index is 12.2. The number of guanidine groups is 1. The highest BCUT2D eigenvalue weighted by Gasteiger charge is 2.27. The summed E-state index contributed by atoms with van der Waals surface area (Å²) in [6, 6.07) is 7.73. The summed E-state index contributed by atoms with van der Waals surface area (Å²) in [6.07, 6.45) is -3.20. The van der Waals surface area contributed by atoms with Gasteiger partial charge < -0.3 is 20.1 Å². The van der Waals surface area contributed by atoms with Crippen molar-refractivity contribution in [3.05, 3.63) is 35.4 Å². The standard InChI is InChI=1S/C22H35F3N4O2.HI/c1-17(2)12-20(29-8-10-30-11-9-29)14-28-21(26-3)27-13-18-4-6-19(7-5-18)15-31-16-22(23,24)25;/h4-7,17,20H,8-16H2,1-3H3,(H2,26,27,28);1H. The Kier molecular flexibility index (Phi) is 13.5. The monoisotopic (exact) mass is 572 g/mol. The van der Waals surface area contributed by atoms with Gasteiger partial charge in [0.05, 0.1) is 19.8 Å². The van der Waals surface area contributed by atoms with Crippen molar-refractivity contribution in [2.45, 2.75) is 45.6 Å². The fourth-order valence-electron chi connectivity index (χ4n) is 3.51. The molecule has 1 aromatic carbocycles. The molecule has 2 N–H and O–H groups in total. The molecule has 0 aliphatic carbocycles. The van der Waals surface area contributed by atoms with Gasteiger partial charge in [-0.1, -0.05) is 38.1 Å². The summed E-state index contributed by atoms with van der Waals surface area (Å²) < 4.78 is 46.6. The molecule has 1 aliphatic rings. The zero-order chi connectivity index (χ0) is 22.7. The van der Waals surface area contributed by atoms with E-state index in [0.29, 0.717) is 24.1 Å². The van der Waals surface area contributed by atoms with E-state index in [0.717, 1.165) is 50.8 Å². The first-order chi connectivity index (χ1) is 14.8. The molecule has 6 nitrogen and oxygen atoms in total. The van der Waals surface area contributed by atoms with E-state index in [9.17, 15) is 13.2 Å². The molecule has 184 valence electrons. The molecule has 0 saturated carbocycles. The van der Waals surface area contributed by atoms with Crippen LogP contribution in [-0.2, 0) is 22.6 Å². The van der Waals surface area contributed by atoms with Crippen LogP contribution in [0.4, 0.5) is 13.2 Å². The van der Waals surface area contributed by atoms with Crippen LogP contribution in [0.1, 0.15) is 31.4 Å². The quantitative estimate of drug-likeness (QED) is 0.254. The molecule has 1 aliphatic heterocycles. The Morgan fingerprint density at radius 3 is 2.31 bits per heavy atom. The van der Waals surface area contributed by atoms with Crippen LogP contribution in [-0.4, -0.2) is 69.6 Å². The zero-order valence-corrected chi connectivity index (χ0v) is 21.4. The third-order valence-corrected chi connectivity index (χ3v) is 5.05. The fourth-order valence-corrected chi connectivity index (χ4v) is 3.51. The van der Waals surface area contributed by atoms with Crippen molar-refractivity contribution in [3.63, 3.8) is 0 Å². The van der Waals surface area contributed by atoms with Gasteiger partial charge in [0.2, 0.25) is 0 Å². The number of halogens is 4. The van der Waals surface area contributed by atoms with Crippen molar-refractivity contribution in [2.75, 3.05) is 46.5 Å². The molecule has 10 heteroatoms. The van der Waals surface area contributed by atoms with Gasteiger partial charge in [0, 0.05) is 39.3 Å². The summed E-state index contributed by atoms with van der Waals surface area (Å²) in [5, 5.41) is 6.72. The SMILES string of the molecule is CN=C(NCc1ccc(COCC(F)(F)F)cc1)NCC(CC(C)C)N1CCOCC1.I. The van der Waals surface area contributed by atoms with E-state index in [1.165, 1.54) is 0 Å². The van der Waals surface area contributed by atoms with Crippen molar-refractivity contribution in [2.24, 2.45) is 10.9 Å². The minimum atomic E-state index is -4.30. The molecular weight excluding hydrogens is 536 g/mol. The largest absolute Gasteiger partial charge is 0.411 e. The van der Waals surface area contributed by atoms with Gasteiger partial charge in [0.25, 0.3) is 0 Å². The smallest absolute Gasteiger partial charge is 0.379 e. The number of nitrogens with zero attached hydrogens (tertiary/aromatic N) is 2. The van der Waals surface area contributed by atoms with Crippen molar-refractivity contribution in [1.82, 2.24) is 15.5 Å². The number of benzene rings is 1. The first kappa shape index (κ1) is 28.9. The van der Waals surface area contributed by atoms with E-state index in [4.69, 9.17) is 4.74 Å². The second kappa shape index (κ2) is 14.9. The molecule has 1 aromatic rings. The predicted molar refractivity (Wildman–Crippen MR) is 131 cm³/mol. The Labute approximate surface area is 206 Å². The molecule has 1 heterocycles. The Morgan fingerprint density at radius 1 is 1.12 bits per heavy atom. The maximum Gasteiger partial charge on any atom is 0.411 e. The van der Waals surface area contributed by atoms with E-state index in [2.05, 4.69) is 39.1 Å². The summed E-state index contributed by atoms with van der Waals surface area (Å²) >= 11 is 0. The molecule has 1 saturated heterocycles. The molecular formula is C22H36F3IN4O2. The molecule has 32 heavy (non-hydrogen) atoms.